The van der Waals surface area contributed by atoms with E-state index in [1.807, 2.05) is 42.5 Å². The minimum Gasteiger partial charge on any atom is -0.483 e. The van der Waals surface area contributed by atoms with Crippen LogP contribution in [0.5, 0.6) is 5.75 Å². The number of nitrogens with two attached hydrogens (primary N) is 1. The van der Waals surface area contributed by atoms with Crippen LogP contribution < -0.4 is 15.9 Å². The van der Waals surface area contributed by atoms with Gasteiger partial charge in [0.05, 0.1) is 6.21 Å². The zero-order valence-electron chi connectivity index (χ0n) is 10.8. The number of hydrogen-bond acceptors (Lipinski definition) is 4. The zero-order valence-corrected chi connectivity index (χ0v) is 10.8. The second-order valence-corrected chi connectivity index (χ2v) is 4.02. The molecule has 5 heteroatoms. The van der Waals surface area contributed by atoms with Gasteiger partial charge in [-0.15, -0.1) is 0 Å². The highest BCUT2D eigenvalue weighted by molar-refractivity contribution is 5.92. The first-order valence-electron chi connectivity index (χ1n) is 6.09. The number of hydrogen-bond donors (Lipinski definition) is 2. The Bertz CT molecular complexity index is 597. The summed E-state index contributed by atoms with van der Waals surface area (Å²) in [5.74, 6) is 5.46. The number of rotatable bonds is 5. The number of carbonyl (C=O) groups excluding carboxylic acids is 1. The molecule has 0 spiro atoms. The summed E-state index contributed by atoms with van der Waals surface area (Å²) in [5, 5.41) is 6.20. The lowest BCUT2D eigenvalue weighted by molar-refractivity contribution is -0.118. The number of hydrazone groups is 1. The zero-order chi connectivity index (χ0) is 14.2. The van der Waals surface area contributed by atoms with Gasteiger partial charge in [0.1, 0.15) is 5.75 Å². The molecular weight excluding hydrogens is 254 g/mol. The minimum atomic E-state index is -0.226. The molecule has 20 heavy (non-hydrogen) atoms. The lowest BCUT2D eigenvalue weighted by atomic mass is 10.2. The molecule has 0 aliphatic carbocycles. The summed E-state index contributed by atoms with van der Waals surface area (Å²) in [7, 11) is 0. The molecule has 0 aromatic heterocycles. The first-order valence-corrected chi connectivity index (χ1v) is 6.09. The van der Waals surface area contributed by atoms with Crippen molar-refractivity contribution in [2.75, 3.05) is 11.9 Å². The normalized spacial score (nSPS) is 10.4. The lowest BCUT2D eigenvalue weighted by Crippen LogP contribution is -2.20. The van der Waals surface area contributed by atoms with Gasteiger partial charge in [0.2, 0.25) is 0 Å². The molecule has 2 aromatic carbocycles. The molecule has 0 unspecified atom stereocenters. The molecular formula is C15H15N3O2. The van der Waals surface area contributed by atoms with Crippen molar-refractivity contribution in [2.24, 2.45) is 10.9 Å². The average Bonchev–Trinajstić information content (AvgIpc) is 2.48. The van der Waals surface area contributed by atoms with Crippen LogP contribution in [0.1, 0.15) is 5.56 Å². The van der Waals surface area contributed by atoms with Crippen LogP contribution in [-0.4, -0.2) is 18.7 Å². The molecule has 0 bridgehead atoms. The number of nitrogens with one attached hydrogen (secondary N) is 1. The van der Waals surface area contributed by atoms with E-state index >= 15 is 0 Å². The molecule has 3 N–H and O–H groups in total. The maximum Gasteiger partial charge on any atom is 0.262 e. The van der Waals surface area contributed by atoms with E-state index in [1.165, 1.54) is 6.21 Å². The number of carbonyl (C=O) groups is 1. The second-order valence-electron chi connectivity index (χ2n) is 4.02. The van der Waals surface area contributed by atoms with Gasteiger partial charge in [-0.2, -0.15) is 5.10 Å². The van der Waals surface area contributed by atoms with Crippen molar-refractivity contribution in [3.05, 3.63) is 60.2 Å². The number of para-hydroxylation sites is 2. The maximum atomic E-state index is 11.8. The van der Waals surface area contributed by atoms with Gasteiger partial charge >= 0.3 is 0 Å². The highest BCUT2D eigenvalue weighted by Crippen LogP contribution is 2.15. The first kappa shape index (κ1) is 13.6. The number of nitrogens with zero attached hydrogens (tertiary/aromatic N) is 1. The van der Waals surface area contributed by atoms with E-state index in [2.05, 4.69) is 10.4 Å². The van der Waals surface area contributed by atoms with Crippen molar-refractivity contribution >= 4 is 17.8 Å². The quantitative estimate of drug-likeness (QED) is 0.495. The summed E-state index contributed by atoms with van der Waals surface area (Å²) in [6.07, 6.45) is 1.48. The van der Waals surface area contributed by atoms with Crippen LogP contribution in [0.4, 0.5) is 5.69 Å². The molecule has 5 nitrogen and oxygen atoms in total. The van der Waals surface area contributed by atoms with Crippen LogP contribution in [0.2, 0.25) is 0 Å². The number of amides is 1. The topological polar surface area (TPSA) is 76.7 Å². The smallest absolute Gasteiger partial charge is 0.262 e. The van der Waals surface area contributed by atoms with Gasteiger partial charge in [-0.05, 0) is 24.3 Å². The molecule has 102 valence electrons. The standard InChI is InChI=1S/C15H15N3O2/c16-17-10-12-6-4-5-9-14(12)20-11-15(19)18-13-7-2-1-3-8-13/h1-10H,11,16H2,(H,18,19). The van der Waals surface area contributed by atoms with Crippen LogP contribution >= 0.6 is 0 Å². The van der Waals surface area contributed by atoms with Crippen molar-refractivity contribution in [3.8, 4) is 5.75 Å². The minimum absolute atomic E-state index is 0.0790. The van der Waals surface area contributed by atoms with Crippen molar-refractivity contribution < 1.29 is 9.53 Å². The summed E-state index contributed by atoms with van der Waals surface area (Å²) >= 11 is 0. The Kier molecular flexibility index (Phi) is 4.72. The fraction of sp³-hybridized carbons (Fsp3) is 0.0667. The Hall–Kier alpha value is -2.82. The molecule has 2 rings (SSSR count). The third-order valence-corrected chi connectivity index (χ3v) is 2.55. The van der Waals surface area contributed by atoms with Crippen LogP contribution in [0.15, 0.2) is 59.7 Å². The fourth-order valence-electron chi connectivity index (χ4n) is 1.66. The van der Waals surface area contributed by atoms with Gasteiger partial charge in [0.15, 0.2) is 6.61 Å². The summed E-state index contributed by atoms with van der Waals surface area (Å²) < 4.78 is 5.46. The molecule has 0 aliphatic heterocycles. The molecule has 1 amide bonds. The third-order valence-electron chi connectivity index (χ3n) is 2.55. The number of ether oxygens (including phenoxy) is 1. The SMILES string of the molecule is NN=Cc1ccccc1OCC(=O)Nc1ccccc1. The molecule has 0 radical (unpaired) electrons. The van der Waals surface area contributed by atoms with E-state index in [0.717, 1.165) is 11.3 Å². The summed E-state index contributed by atoms with van der Waals surface area (Å²) in [6.45, 7) is -0.0790. The van der Waals surface area contributed by atoms with Gasteiger partial charge < -0.3 is 15.9 Å². The van der Waals surface area contributed by atoms with Crippen LogP contribution in [0.25, 0.3) is 0 Å². The molecule has 0 fully saturated rings. The number of anilines is 1. The molecule has 0 aliphatic rings. The van der Waals surface area contributed by atoms with Gasteiger partial charge in [0.25, 0.3) is 5.91 Å². The van der Waals surface area contributed by atoms with Crippen LogP contribution in [0.3, 0.4) is 0 Å². The van der Waals surface area contributed by atoms with Gasteiger partial charge in [-0.25, -0.2) is 0 Å². The van der Waals surface area contributed by atoms with Gasteiger partial charge in [-0.3, -0.25) is 4.79 Å². The number of benzene rings is 2. The lowest BCUT2D eigenvalue weighted by Gasteiger charge is -2.09. The van der Waals surface area contributed by atoms with E-state index in [0.29, 0.717) is 5.75 Å². The molecule has 0 heterocycles. The van der Waals surface area contributed by atoms with E-state index in [1.54, 1.807) is 12.1 Å². The summed E-state index contributed by atoms with van der Waals surface area (Å²) in [6, 6.07) is 16.4. The van der Waals surface area contributed by atoms with Crippen LogP contribution in [-0.2, 0) is 4.79 Å². The third kappa shape index (κ3) is 3.84. The Morgan fingerprint density at radius 3 is 2.60 bits per heavy atom. The van der Waals surface area contributed by atoms with Crippen molar-refractivity contribution in [3.63, 3.8) is 0 Å². The van der Waals surface area contributed by atoms with E-state index in [4.69, 9.17) is 10.6 Å². The van der Waals surface area contributed by atoms with Crippen molar-refractivity contribution in [1.82, 2.24) is 0 Å². The Balaban J connectivity index is 1.94. The molecule has 2 aromatic rings. The Morgan fingerprint density at radius 2 is 1.85 bits per heavy atom. The highest BCUT2D eigenvalue weighted by Gasteiger charge is 2.05. The Morgan fingerprint density at radius 1 is 1.15 bits per heavy atom. The maximum absolute atomic E-state index is 11.8. The summed E-state index contributed by atoms with van der Waals surface area (Å²) in [5.41, 5.74) is 1.46. The van der Waals surface area contributed by atoms with Crippen molar-refractivity contribution in [2.45, 2.75) is 0 Å². The van der Waals surface area contributed by atoms with E-state index < -0.39 is 0 Å². The fourth-order valence-corrected chi connectivity index (χ4v) is 1.66. The predicted octanol–water partition coefficient (Wildman–Crippen LogP) is 2.00. The highest BCUT2D eigenvalue weighted by atomic mass is 16.5. The molecule has 0 saturated heterocycles. The van der Waals surface area contributed by atoms with Gasteiger partial charge in [-0.1, -0.05) is 30.3 Å². The second kappa shape index (κ2) is 6.94. The van der Waals surface area contributed by atoms with Crippen LogP contribution in [0, 0.1) is 0 Å². The molecule has 0 atom stereocenters. The average molecular weight is 269 g/mol. The van der Waals surface area contributed by atoms with E-state index in [9.17, 15) is 4.79 Å². The summed E-state index contributed by atoms with van der Waals surface area (Å²) in [4.78, 5) is 11.8. The first-order chi connectivity index (χ1) is 9.79. The van der Waals surface area contributed by atoms with Gasteiger partial charge in [0, 0.05) is 11.3 Å². The largest absolute Gasteiger partial charge is 0.483 e. The Labute approximate surface area is 117 Å². The predicted molar refractivity (Wildman–Crippen MR) is 78.8 cm³/mol. The monoisotopic (exact) mass is 269 g/mol. The van der Waals surface area contributed by atoms with E-state index in [-0.39, 0.29) is 12.5 Å². The van der Waals surface area contributed by atoms with Crippen molar-refractivity contribution in [1.29, 1.82) is 0 Å². The molecule has 0 saturated carbocycles.